The second-order valence-electron chi connectivity index (χ2n) is 5.57. The lowest BCUT2D eigenvalue weighted by Crippen LogP contribution is -2.37. The highest BCUT2D eigenvalue weighted by Gasteiger charge is 2.16. The van der Waals surface area contributed by atoms with Gasteiger partial charge in [0.2, 0.25) is 10.5 Å². The molecule has 0 fully saturated rings. The summed E-state index contributed by atoms with van der Waals surface area (Å²) in [6, 6.07) is 23.1. The molecule has 0 atom stereocenters. The quantitative estimate of drug-likeness (QED) is 0.495. The largest absolute Gasteiger partial charge is 0.486 e. The van der Waals surface area contributed by atoms with Crippen LogP contribution in [0.4, 0.5) is 0 Å². The molecule has 0 N–H and O–H groups in total. The van der Waals surface area contributed by atoms with Crippen LogP contribution in [0.1, 0.15) is 5.01 Å². The van der Waals surface area contributed by atoms with E-state index in [-0.39, 0.29) is 0 Å². The molecule has 1 heterocycles. The van der Waals surface area contributed by atoms with E-state index in [0.717, 1.165) is 12.3 Å². The van der Waals surface area contributed by atoms with Gasteiger partial charge in [-0.25, -0.2) is 0 Å². The summed E-state index contributed by atoms with van der Waals surface area (Å²) in [7, 11) is 0. The van der Waals surface area contributed by atoms with Crippen molar-refractivity contribution in [2.24, 2.45) is 0 Å². The van der Waals surface area contributed by atoms with E-state index < -0.39 is 0 Å². The maximum Gasteiger partial charge on any atom is 0.235 e. The lowest BCUT2D eigenvalue weighted by molar-refractivity contribution is -0.673. The Labute approximate surface area is 139 Å². The molecule has 0 saturated carbocycles. The van der Waals surface area contributed by atoms with Crippen molar-refractivity contribution in [2.45, 2.75) is 13.5 Å². The molecular formula is C20H18NOS+. The molecule has 0 spiro atoms. The Balaban J connectivity index is 1.56. The van der Waals surface area contributed by atoms with Gasteiger partial charge in [0, 0.05) is 18.4 Å². The molecule has 3 aromatic carbocycles. The Morgan fingerprint density at radius 3 is 2.65 bits per heavy atom. The monoisotopic (exact) mass is 320 g/mol. The van der Waals surface area contributed by atoms with Gasteiger partial charge in [-0.1, -0.05) is 59.9 Å². The Bertz CT molecular complexity index is 968. The van der Waals surface area contributed by atoms with Crippen molar-refractivity contribution in [3.05, 3.63) is 71.7 Å². The van der Waals surface area contributed by atoms with Crippen LogP contribution >= 0.6 is 11.3 Å². The first kappa shape index (κ1) is 14.2. The van der Waals surface area contributed by atoms with Gasteiger partial charge < -0.3 is 4.74 Å². The molecule has 114 valence electrons. The summed E-state index contributed by atoms with van der Waals surface area (Å²) in [4.78, 5) is 0. The third-order valence-electron chi connectivity index (χ3n) is 4.12. The summed E-state index contributed by atoms with van der Waals surface area (Å²) in [6.45, 7) is 3.70. The van der Waals surface area contributed by atoms with E-state index in [0.29, 0.717) is 6.61 Å². The van der Waals surface area contributed by atoms with Crippen molar-refractivity contribution in [3.8, 4) is 5.75 Å². The number of fused-ring (bicyclic) bond motifs is 2. The number of thiazole rings is 1. The zero-order chi connectivity index (χ0) is 15.6. The van der Waals surface area contributed by atoms with Crippen molar-refractivity contribution >= 4 is 32.3 Å². The highest BCUT2D eigenvalue weighted by Crippen LogP contribution is 2.25. The number of rotatable bonds is 4. The molecule has 23 heavy (non-hydrogen) atoms. The van der Waals surface area contributed by atoms with Crippen molar-refractivity contribution in [1.29, 1.82) is 0 Å². The van der Waals surface area contributed by atoms with Crippen LogP contribution in [0.5, 0.6) is 5.75 Å². The first-order valence-electron chi connectivity index (χ1n) is 7.81. The number of aromatic nitrogens is 1. The third-order valence-corrected chi connectivity index (χ3v) is 5.20. The van der Waals surface area contributed by atoms with Crippen LogP contribution in [0.2, 0.25) is 0 Å². The molecule has 4 aromatic rings. The van der Waals surface area contributed by atoms with E-state index >= 15 is 0 Å². The van der Waals surface area contributed by atoms with E-state index in [1.807, 2.05) is 17.4 Å². The average molecular weight is 320 g/mol. The zero-order valence-electron chi connectivity index (χ0n) is 13.0. The van der Waals surface area contributed by atoms with Crippen LogP contribution in [0, 0.1) is 6.92 Å². The Morgan fingerprint density at radius 2 is 1.70 bits per heavy atom. The van der Waals surface area contributed by atoms with Gasteiger partial charge in [0.15, 0.2) is 6.54 Å². The number of hydrogen-bond donors (Lipinski definition) is 0. The van der Waals surface area contributed by atoms with Gasteiger partial charge in [-0.3, -0.25) is 0 Å². The molecule has 3 heteroatoms. The summed E-state index contributed by atoms with van der Waals surface area (Å²) in [5.41, 5.74) is 1.29. The lowest BCUT2D eigenvalue weighted by atomic mass is 10.1. The van der Waals surface area contributed by atoms with E-state index in [1.165, 1.54) is 26.0 Å². The maximum atomic E-state index is 6.08. The van der Waals surface area contributed by atoms with E-state index in [1.54, 1.807) is 0 Å². The van der Waals surface area contributed by atoms with Crippen molar-refractivity contribution < 1.29 is 9.30 Å². The number of benzene rings is 3. The van der Waals surface area contributed by atoms with Crippen LogP contribution in [-0.2, 0) is 6.54 Å². The predicted molar refractivity (Wildman–Crippen MR) is 96.2 cm³/mol. The van der Waals surface area contributed by atoms with Crippen LogP contribution < -0.4 is 9.30 Å². The summed E-state index contributed by atoms with van der Waals surface area (Å²) < 4.78 is 9.75. The standard InChI is InChI=1S/C20H18NOS/c1-15-21(18-10-4-5-12-20(18)23-15)13-14-22-19-11-6-8-16-7-2-3-9-17(16)19/h2-12H,13-14H2,1H3/q+1. The molecule has 1 aromatic heterocycles. The van der Waals surface area contributed by atoms with Crippen molar-refractivity contribution in [3.63, 3.8) is 0 Å². The molecule has 0 saturated heterocycles. The molecule has 0 aliphatic rings. The molecule has 0 unspecified atom stereocenters. The summed E-state index contributed by atoms with van der Waals surface area (Å²) >= 11 is 1.83. The van der Waals surface area contributed by atoms with Gasteiger partial charge in [-0.15, -0.1) is 0 Å². The minimum atomic E-state index is 0.667. The molecular weight excluding hydrogens is 302 g/mol. The van der Waals surface area contributed by atoms with Crippen LogP contribution in [0.25, 0.3) is 21.0 Å². The number of hydrogen-bond acceptors (Lipinski definition) is 2. The fraction of sp³-hybridized carbons (Fsp3) is 0.150. The van der Waals surface area contributed by atoms with E-state index in [2.05, 4.69) is 72.2 Å². The molecule has 0 bridgehead atoms. The van der Waals surface area contributed by atoms with Crippen LogP contribution in [0.15, 0.2) is 66.7 Å². The molecule has 0 aliphatic carbocycles. The summed E-state index contributed by atoms with van der Waals surface area (Å²) in [5.74, 6) is 0.959. The predicted octanol–water partition coefficient (Wildman–Crippen LogP) is 4.73. The Hall–Kier alpha value is -2.39. The molecule has 4 rings (SSSR count). The van der Waals surface area contributed by atoms with Gasteiger partial charge in [-0.2, -0.15) is 4.57 Å². The number of para-hydroxylation sites is 1. The van der Waals surface area contributed by atoms with Gasteiger partial charge >= 0.3 is 0 Å². The van der Waals surface area contributed by atoms with Crippen LogP contribution in [0.3, 0.4) is 0 Å². The van der Waals surface area contributed by atoms with Gasteiger partial charge in [-0.05, 0) is 17.5 Å². The third kappa shape index (κ3) is 2.68. The second kappa shape index (κ2) is 6.01. The first-order chi connectivity index (χ1) is 11.3. The topological polar surface area (TPSA) is 13.1 Å². The van der Waals surface area contributed by atoms with Gasteiger partial charge in [0.25, 0.3) is 0 Å². The van der Waals surface area contributed by atoms with Crippen LogP contribution in [-0.4, -0.2) is 6.61 Å². The van der Waals surface area contributed by atoms with E-state index in [9.17, 15) is 0 Å². The SMILES string of the molecule is Cc1sc2ccccc2[n+]1CCOc1cccc2ccccc12. The molecule has 0 radical (unpaired) electrons. The minimum Gasteiger partial charge on any atom is -0.486 e. The minimum absolute atomic E-state index is 0.667. The van der Waals surface area contributed by atoms with E-state index in [4.69, 9.17) is 4.74 Å². The first-order valence-corrected chi connectivity index (χ1v) is 8.63. The smallest absolute Gasteiger partial charge is 0.235 e. The van der Waals surface area contributed by atoms with Gasteiger partial charge in [0.1, 0.15) is 17.1 Å². The number of nitrogens with zero attached hydrogens (tertiary/aromatic N) is 1. The lowest BCUT2D eigenvalue weighted by Gasteiger charge is -2.07. The second-order valence-corrected chi connectivity index (χ2v) is 6.80. The average Bonchev–Trinajstić information content (AvgIpc) is 2.91. The molecule has 0 amide bonds. The Kier molecular flexibility index (Phi) is 3.72. The highest BCUT2D eigenvalue weighted by atomic mass is 32.1. The summed E-state index contributed by atoms with van der Waals surface area (Å²) in [5, 5.41) is 3.70. The van der Waals surface area contributed by atoms with Crippen molar-refractivity contribution in [1.82, 2.24) is 0 Å². The Morgan fingerprint density at radius 1 is 0.913 bits per heavy atom. The normalized spacial score (nSPS) is 11.2. The highest BCUT2D eigenvalue weighted by molar-refractivity contribution is 7.18. The maximum absolute atomic E-state index is 6.08. The fourth-order valence-electron chi connectivity index (χ4n) is 3.00. The number of ether oxygens (including phenoxy) is 1. The molecule has 0 aliphatic heterocycles. The van der Waals surface area contributed by atoms with Gasteiger partial charge in [0.05, 0.1) is 0 Å². The summed E-state index contributed by atoms with van der Waals surface area (Å²) in [6.07, 6.45) is 0. The number of aryl methyl sites for hydroxylation is 1. The fourth-order valence-corrected chi connectivity index (χ4v) is 4.04. The zero-order valence-corrected chi connectivity index (χ0v) is 13.8. The molecule has 2 nitrogen and oxygen atoms in total. The van der Waals surface area contributed by atoms with Crippen molar-refractivity contribution in [2.75, 3.05) is 6.61 Å².